The maximum atomic E-state index is 3.12. The maximum absolute atomic E-state index is 3.12. The first-order valence-electron chi connectivity index (χ1n) is 3.24. The van der Waals surface area contributed by atoms with Crippen LogP contribution in [-0.2, 0) is 0 Å². The van der Waals surface area contributed by atoms with E-state index in [2.05, 4.69) is 12.1 Å². The Kier molecular flexibility index (Phi) is 1.17. The van der Waals surface area contributed by atoms with Crippen molar-refractivity contribution >= 4 is 10.8 Å². The van der Waals surface area contributed by atoms with E-state index in [-0.39, 0.29) is 0 Å². The van der Waals surface area contributed by atoms with Crippen LogP contribution in [0.2, 0.25) is 0 Å². The molecule has 0 saturated heterocycles. The fourth-order valence-electron chi connectivity index (χ4n) is 0.996. The van der Waals surface area contributed by atoms with Crippen LogP contribution in [0.5, 0.6) is 0 Å². The van der Waals surface area contributed by atoms with Gasteiger partial charge in [0, 0.05) is 0 Å². The molecule has 48 valence electrons. The minimum atomic E-state index is 1.13. The van der Waals surface area contributed by atoms with Crippen LogP contribution in [0.3, 0.4) is 0 Å². The predicted octanol–water partition coefficient (Wildman–Crippen LogP) is 2.44. The Morgan fingerprint density at radius 2 is 1.30 bits per heavy atom. The summed E-state index contributed by atoms with van der Waals surface area (Å²) in [5.41, 5.74) is 0. The largest absolute Gasteiger partial charge is 0.235 e. The van der Waals surface area contributed by atoms with Gasteiger partial charge in [0.2, 0.25) is 0 Å². The lowest BCUT2D eigenvalue weighted by Crippen LogP contribution is -1.68. The third kappa shape index (κ3) is 0.781. The molecule has 0 aromatic heterocycles. The first kappa shape index (κ1) is 5.48. The smallest absolute Gasteiger partial charge is 0.166 e. The van der Waals surface area contributed by atoms with Crippen molar-refractivity contribution < 1.29 is 0 Å². The summed E-state index contributed by atoms with van der Waals surface area (Å²) in [5, 5.41) is 2.26. The van der Waals surface area contributed by atoms with Gasteiger partial charge in [-0.05, 0) is 0 Å². The van der Waals surface area contributed by atoms with Gasteiger partial charge in [0.05, 0.1) is 0 Å². The molecule has 0 spiro atoms. The molecule has 0 saturated carbocycles. The molecule has 0 bridgehead atoms. The van der Waals surface area contributed by atoms with E-state index in [1.807, 2.05) is 36.4 Å². The van der Waals surface area contributed by atoms with Gasteiger partial charge >= 0.3 is 0 Å². The van der Waals surface area contributed by atoms with E-state index in [1.54, 1.807) is 0 Å². The van der Waals surface area contributed by atoms with Crippen molar-refractivity contribution in [1.82, 2.24) is 0 Å². The molecule has 2 aromatic rings. The number of hydrogen-bond donors (Lipinski definition) is 0. The van der Waals surface area contributed by atoms with Gasteiger partial charge in [0.15, 0.2) is 0 Å². The molecule has 2 rings (SSSR count). The van der Waals surface area contributed by atoms with Crippen LogP contribution in [0.1, 0.15) is 0 Å². The van der Waals surface area contributed by atoms with Crippen molar-refractivity contribution in [2.75, 3.05) is 0 Å². The highest BCUT2D eigenvalue weighted by Crippen LogP contribution is 2.09. The molecule has 0 aliphatic carbocycles. The van der Waals surface area contributed by atoms with E-state index in [0.717, 1.165) is 10.8 Å². The number of benzene rings is 2. The topological polar surface area (TPSA) is 0 Å². The molecule has 0 aliphatic heterocycles. The molecule has 0 N–H and O–H groups in total. The minimum absolute atomic E-state index is 1.13. The highest BCUT2D eigenvalue weighted by molar-refractivity contribution is 5.80. The molecule has 0 heteroatoms. The molecule has 0 amide bonds. The minimum Gasteiger partial charge on any atom is -0.235 e. The van der Waals surface area contributed by atoms with Crippen LogP contribution in [0.4, 0.5) is 0 Å². The summed E-state index contributed by atoms with van der Waals surface area (Å²) in [5.74, 6) is 0. The van der Waals surface area contributed by atoms with E-state index >= 15 is 0 Å². The van der Waals surface area contributed by atoms with Crippen molar-refractivity contribution in [1.29, 1.82) is 0 Å². The van der Waals surface area contributed by atoms with E-state index in [1.165, 1.54) is 0 Å². The van der Waals surface area contributed by atoms with E-state index in [0.29, 0.717) is 0 Å². The molecular formula is C10H6-2. The zero-order valence-electron chi connectivity index (χ0n) is 5.46. The second kappa shape index (κ2) is 2.14. The molecule has 0 unspecified atom stereocenters. The van der Waals surface area contributed by atoms with E-state index in [4.69, 9.17) is 0 Å². The summed E-state index contributed by atoms with van der Waals surface area (Å²) in [6.45, 7) is 0. The summed E-state index contributed by atoms with van der Waals surface area (Å²) in [4.78, 5) is 0. The Morgan fingerprint density at radius 3 is 1.80 bits per heavy atom. The van der Waals surface area contributed by atoms with Crippen LogP contribution < -0.4 is 0 Å². The molecule has 0 heterocycles. The van der Waals surface area contributed by atoms with Gasteiger partial charge in [-0.15, -0.1) is 0 Å². The molecule has 2 aromatic carbocycles. The molecular weight excluding hydrogens is 120 g/mol. The number of fused-ring (bicyclic) bond motifs is 1. The van der Waals surface area contributed by atoms with Gasteiger partial charge in [-0.25, -0.2) is 22.9 Å². The summed E-state index contributed by atoms with van der Waals surface area (Å²) in [6.07, 6.45) is 0. The Bertz CT molecular complexity index is 271. The van der Waals surface area contributed by atoms with Gasteiger partial charge in [-0.3, -0.25) is 0 Å². The predicted molar refractivity (Wildman–Crippen MR) is 41.6 cm³/mol. The van der Waals surface area contributed by atoms with Crippen LogP contribution in [0, 0.1) is 12.1 Å². The molecule has 0 aliphatic rings. The fraction of sp³-hybridized carbons (Fsp3) is 0. The Hall–Kier alpha value is -1.30. The molecule has 0 fully saturated rings. The van der Waals surface area contributed by atoms with Crippen molar-refractivity contribution in [2.24, 2.45) is 0 Å². The summed E-state index contributed by atoms with van der Waals surface area (Å²) in [7, 11) is 0. The summed E-state index contributed by atoms with van der Waals surface area (Å²) >= 11 is 0. The third-order valence-corrected chi connectivity index (χ3v) is 1.49. The Morgan fingerprint density at radius 1 is 0.800 bits per heavy atom. The van der Waals surface area contributed by atoms with Gasteiger partial charge < -0.3 is 0 Å². The third-order valence-electron chi connectivity index (χ3n) is 1.49. The zero-order valence-corrected chi connectivity index (χ0v) is 5.46. The van der Waals surface area contributed by atoms with Gasteiger partial charge in [-0.1, -0.05) is 0 Å². The molecule has 0 nitrogen and oxygen atoms in total. The average molecular weight is 126 g/mol. The van der Waals surface area contributed by atoms with Crippen LogP contribution in [-0.4, -0.2) is 0 Å². The highest BCUT2D eigenvalue weighted by Gasteiger charge is 1.67. The molecule has 10 heavy (non-hydrogen) atoms. The molecule has 0 radical (unpaired) electrons. The van der Waals surface area contributed by atoms with Gasteiger partial charge in [0.25, 0.3) is 0 Å². The lowest BCUT2D eigenvalue weighted by molar-refractivity contribution is 1.73. The van der Waals surface area contributed by atoms with Crippen molar-refractivity contribution in [2.45, 2.75) is 0 Å². The quantitative estimate of drug-likeness (QED) is 0.475. The Labute approximate surface area is 60.1 Å². The van der Waals surface area contributed by atoms with E-state index < -0.39 is 0 Å². The van der Waals surface area contributed by atoms with Gasteiger partial charge in [0.1, 0.15) is 0 Å². The number of hydrogen-bond acceptors (Lipinski definition) is 0. The average Bonchev–Trinajstić information content (AvgIpc) is 2.05. The molecule has 0 atom stereocenters. The van der Waals surface area contributed by atoms with Crippen molar-refractivity contribution in [3.05, 3.63) is 48.5 Å². The lowest BCUT2D eigenvalue weighted by atomic mass is 10.1. The lowest BCUT2D eigenvalue weighted by Gasteiger charge is -2.09. The summed E-state index contributed by atoms with van der Waals surface area (Å²) < 4.78 is 0. The summed E-state index contributed by atoms with van der Waals surface area (Å²) in [6, 6.07) is 18.1. The van der Waals surface area contributed by atoms with Crippen LogP contribution >= 0.6 is 0 Å². The Balaban J connectivity index is 2.89. The first-order valence-corrected chi connectivity index (χ1v) is 3.24. The second-order valence-electron chi connectivity index (χ2n) is 2.17. The van der Waals surface area contributed by atoms with E-state index in [9.17, 15) is 0 Å². The van der Waals surface area contributed by atoms with Gasteiger partial charge in [-0.2, -0.15) is 36.4 Å². The SMILES string of the molecule is [c-]1cccc2[c-]cccc12. The highest BCUT2D eigenvalue weighted by atomic mass is 13.9. The first-order chi connectivity index (χ1) is 4.97. The number of rotatable bonds is 0. The second-order valence-corrected chi connectivity index (χ2v) is 2.17. The van der Waals surface area contributed by atoms with Crippen LogP contribution in [0.15, 0.2) is 36.4 Å². The maximum Gasteiger partial charge on any atom is -0.166 e. The standard InChI is InChI=1S/C10H6/c1-2-6-10-8-4-3-7-9(10)5-1/h1-5,8H/q-2. The fourth-order valence-corrected chi connectivity index (χ4v) is 0.996. The van der Waals surface area contributed by atoms with Crippen LogP contribution in [0.25, 0.3) is 10.8 Å². The van der Waals surface area contributed by atoms with Crippen molar-refractivity contribution in [3.8, 4) is 0 Å². The van der Waals surface area contributed by atoms with Crippen molar-refractivity contribution in [3.63, 3.8) is 0 Å². The zero-order chi connectivity index (χ0) is 6.81. The normalized spacial score (nSPS) is 10.0. The monoisotopic (exact) mass is 126 g/mol.